The fourth-order valence-corrected chi connectivity index (χ4v) is 6.25. The van der Waals surface area contributed by atoms with Crippen molar-refractivity contribution in [3.63, 3.8) is 0 Å². The van der Waals surface area contributed by atoms with Crippen LogP contribution in [0.1, 0.15) is 11.1 Å². The minimum atomic E-state index is -0.217. The molecule has 10 nitrogen and oxygen atoms in total. The number of halogens is 1. The molecule has 4 aromatic carbocycles. The van der Waals surface area contributed by atoms with E-state index in [-0.39, 0.29) is 5.82 Å². The van der Waals surface area contributed by atoms with Crippen LogP contribution < -0.4 is 15.0 Å². The Morgan fingerprint density at radius 1 is 0.804 bits per heavy atom. The average molecular weight is 711 g/mol. The van der Waals surface area contributed by atoms with Crippen molar-refractivity contribution in [3.8, 4) is 5.75 Å². The standard InChI is InChI=1S/C39H43FN6O4S/c1-45(2)33-12-10-32(11-13-33)43-44-39-42-36-15-14-34(26-38(36)51-39)50-25-24-49-23-22-48-21-20-47-19-17-41-27-30-4-3-5-37-35(30)16-18-46(37)28-29-6-8-31(40)9-7-29/h3-16,18,26,41H,17,19-25,27-28H2,1-2H3. The van der Waals surface area contributed by atoms with Crippen LogP contribution in [-0.4, -0.2) is 76.4 Å². The van der Waals surface area contributed by atoms with E-state index in [1.54, 1.807) is 0 Å². The van der Waals surface area contributed by atoms with Gasteiger partial charge in [0.25, 0.3) is 0 Å². The van der Waals surface area contributed by atoms with Gasteiger partial charge in [-0.15, -0.1) is 10.2 Å². The van der Waals surface area contributed by atoms with Crippen molar-refractivity contribution in [2.75, 3.05) is 71.8 Å². The first kappa shape index (κ1) is 36.1. The van der Waals surface area contributed by atoms with E-state index >= 15 is 0 Å². The normalized spacial score (nSPS) is 11.7. The second-order valence-electron chi connectivity index (χ2n) is 12.0. The Labute approximate surface area is 301 Å². The van der Waals surface area contributed by atoms with Crippen molar-refractivity contribution in [2.45, 2.75) is 13.1 Å². The van der Waals surface area contributed by atoms with Crippen molar-refractivity contribution in [1.29, 1.82) is 0 Å². The van der Waals surface area contributed by atoms with Crippen LogP contribution in [0, 0.1) is 5.82 Å². The van der Waals surface area contributed by atoms with Gasteiger partial charge < -0.3 is 33.7 Å². The number of nitrogens with zero attached hydrogens (tertiary/aromatic N) is 5. The lowest BCUT2D eigenvalue weighted by atomic mass is 10.1. The number of hydrogen-bond acceptors (Lipinski definition) is 10. The highest BCUT2D eigenvalue weighted by atomic mass is 32.1. The number of ether oxygens (including phenoxy) is 4. The Morgan fingerprint density at radius 2 is 1.55 bits per heavy atom. The average Bonchev–Trinajstić information content (AvgIpc) is 3.75. The Hall–Kier alpha value is -4.72. The predicted molar refractivity (Wildman–Crippen MR) is 202 cm³/mol. The summed E-state index contributed by atoms with van der Waals surface area (Å²) in [4.78, 5) is 6.59. The summed E-state index contributed by atoms with van der Waals surface area (Å²) in [7, 11) is 4.01. The Kier molecular flexibility index (Phi) is 13.1. The highest BCUT2D eigenvalue weighted by Gasteiger charge is 2.08. The van der Waals surface area contributed by atoms with E-state index in [4.69, 9.17) is 18.9 Å². The quantitative estimate of drug-likeness (QED) is 0.0632. The molecular formula is C39H43FN6O4S. The largest absolute Gasteiger partial charge is 0.491 e. The maximum atomic E-state index is 13.3. The molecule has 0 bridgehead atoms. The van der Waals surface area contributed by atoms with E-state index in [0.29, 0.717) is 57.9 Å². The summed E-state index contributed by atoms with van der Waals surface area (Å²) in [6.45, 7) is 5.72. The van der Waals surface area contributed by atoms with E-state index in [1.165, 1.54) is 34.4 Å². The molecule has 0 fully saturated rings. The topological polar surface area (TPSA) is 94.7 Å². The van der Waals surface area contributed by atoms with Crippen LogP contribution in [0.4, 0.5) is 20.9 Å². The van der Waals surface area contributed by atoms with Gasteiger partial charge in [0, 0.05) is 56.5 Å². The van der Waals surface area contributed by atoms with Crippen molar-refractivity contribution in [2.24, 2.45) is 10.2 Å². The smallest absolute Gasteiger partial charge is 0.231 e. The second-order valence-corrected chi connectivity index (χ2v) is 13.0. The van der Waals surface area contributed by atoms with Crippen LogP contribution >= 0.6 is 11.3 Å². The van der Waals surface area contributed by atoms with E-state index in [9.17, 15) is 4.39 Å². The van der Waals surface area contributed by atoms with Gasteiger partial charge in [-0.3, -0.25) is 0 Å². The number of nitrogens with one attached hydrogen (secondary N) is 1. The third-order valence-electron chi connectivity index (χ3n) is 8.11. The minimum absolute atomic E-state index is 0.217. The molecule has 2 aromatic heterocycles. The van der Waals surface area contributed by atoms with Gasteiger partial charge >= 0.3 is 0 Å². The highest BCUT2D eigenvalue weighted by molar-refractivity contribution is 7.21. The molecule has 6 aromatic rings. The molecule has 0 saturated carbocycles. The van der Waals surface area contributed by atoms with Gasteiger partial charge in [-0.1, -0.05) is 35.6 Å². The number of thiazole rings is 1. The van der Waals surface area contributed by atoms with Gasteiger partial charge in [-0.05, 0) is 77.9 Å². The van der Waals surface area contributed by atoms with Crippen LogP contribution in [-0.2, 0) is 27.3 Å². The first-order chi connectivity index (χ1) is 25.0. The fourth-order valence-electron chi connectivity index (χ4n) is 5.44. The maximum Gasteiger partial charge on any atom is 0.231 e. The monoisotopic (exact) mass is 710 g/mol. The summed E-state index contributed by atoms with van der Waals surface area (Å²) in [5.41, 5.74) is 6.21. The Bertz CT molecular complexity index is 2000. The Morgan fingerprint density at radius 3 is 2.31 bits per heavy atom. The van der Waals surface area contributed by atoms with E-state index in [2.05, 4.69) is 55.6 Å². The van der Waals surface area contributed by atoms with Crippen LogP contribution in [0.25, 0.3) is 21.1 Å². The lowest BCUT2D eigenvalue weighted by Gasteiger charge is -2.11. The van der Waals surface area contributed by atoms with Crippen molar-refractivity contribution in [3.05, 3.63) is 114 Å². The highest BCUT2D eigenvalue weighted by Crippen LogP contribution is 2.32. The lowest BCUT2D eigenvalue weighted by molar-refractivity contribution is 0.00983. The number of rotatable bonds is 20. The summed E-state index contributed by atoms with van der Waals surface area (Å²) < 4.78 is 39.3. The number of hydrogen-bond donors (Lipinski definition) is 1. The zero-order valence-electron chi connectivity index (χ0n) is 29.0. The number of benzene rings is 4. The van der Waals surface area contributed by atoms with Gasteiger partial charge in [0.15, 0.2) is 0 Å². The van der Waals surface area contributed by atoms with Crippen LogP contribution in [0.5, 0.6) is 5.75 Å². The molecule has 0 saturated heterocycles. The lowest BCUT2D eigenvalue weighted by Crippen LogP contribution is -2.20. The molecule has 266 valence electrons. The molecular weight excluding hydrogens is 668 g/mol. The van der Waals surface area contributed by atoms with Gasteiger partial charge in [-0.2, -0.15) is 0 Å². The first-order valence-corrected chi connectivity index (χ1v) is 17.8. The molecule has 0 aliphatic heterocycles. The molecule has 0 spiro atoms. The zero-order chi connectivity index (χ0) is 35.3. The number of fused-ring (bicyclic) bond motifs is 2. The summed E-state index contributed by atoms with van der Waals surface area (Å²) in [6.07, 6.45) is 2.09. The molecule has 0 atom stereocenters. The van der Waals surface area contributed by atoms with E-state index in [0.717, 1.165) is 51.5 Å². The van der Waals surface area contributed by atoms with Gasteiger partial charge in [-0.25, -0.2) is 9.37 Å². The molecule has 6 rings (SSSR count). The van der Waals surface area contributed by atoms with E-state index in [1.807, 2.05) is 73.6 Å². The third-order valence-corrected chi connectivity index (χ3v) is 9.02. The molecule has 0 aliphatic carbocycles. The van der Waals surface area contributed by atoms with Gasteiger partial charge in [0.2, 0.25) is 5.13 Å². The Balaban J connectivity index is 0.789. The third kappa shape index (κ3) is 10.6. The summed E-state index contributed by atoms with van der Waals surface area (Å²) >= 11 is 1.47. The molecule has 0 radical (unpaired) electrons. The van der Waals surface area contributed by atoms with Crippen molar-refractivity contribution < 1.29 is 23.3 Å². The number of anilines is 1. The van der Waals surface area contributed by atoms with Crippen molar-refractivity contribution in [1.82, 2.24) is 14.9 Å². The van der Waals surface area contributed by atoms with E-state index < -0.39 is 0 Å². The zero-order valence-corrected chi connectivity index (χ0v) is 29.8. The maximum absolute atomic E-state index is 13.3. The summed E-state index contributed by atoms with van der Waals surface area (Å²) in [5.74, 6) is 0.542. The summed E-state index contributed by atoms with van der Waals surface area (Å²) in [6, 6.07) is 28.8. The fraction of sp³-hybridized carbons (Fsp3) is 0.308. The molecule has 1 N–H and O–H groups in total. The molecule has 2 heterocycles. The summed E-state index contributed by atoms with van der Waals surface area (Å²) in [5, 5.41) is 13.9. The van der Waals surface area contributed by atoms with Gasteiger partial charge in [0.05, 0.1) is 55.5 Å². The molecule has 51 heavy (non-hydrogen) atoms. The molecule has 12 heteroatoms. The van der Waals surface area contributed by atoms with Crippen molar-refractivity contribution >= 4 is 49.0 Å². The number of aromatic nitrogens is 2. The number of azo groups is 1. The molecule has 0 unspecified atom stereocenters. The SMILES string of the molecule is CN(C)c1ccc(N=Nc2nc3ccc(OCCOCCOCCOCCNCc4cccc5c4ccn5Cc4ccc(F)cc4)cc3s2)cc1. The molecule has 0 aliphatic rings. The second kappa shape index (κ2) is 18.5. The van der Waals surface area contributed by atoms with Crippen LogP contribution in [0.15, 0.2) is 107 Å². The van der Waals surface area contributed by atoms with Crippen LogP contribution in [0.2, 0.25) is 0 Å². The van der Waals surface area contributed by atoms with Crippen LogP contribution in [0.3, 0.4) is 0 Å². The minimum Gasteiger partial charge on any atom is -0.491 e. The molecule has 0 amide bonds. The first-order valence-electron chi connectivity index (χ1n) is 17.0. The predicted octanol–water partition coefficient (Wildman–Crippen LogP) is 8.14. The van der Waals surface area contributed by atoms with Gasteiger partial charge in [0.1, 0.15) is 18.2 Å².